The average Bonchev–Trinajstić information content (AvgIpc) is 2.99. The minimum absolute atomic E-state index is 0.0419. The molecule has 1 aromatic carbocycles. The molecule has 0 saturated carbocycles. The largest absolute Gasteiger partial charge is 0.296 e. The molecule has 0 aliphatic carbocycles. The zero-order valence-electron chi connectivity index (χ0n) is 19.7. The van der Waals surface area contributed by atoms with E-state index in [2.05, 4.69) is 77.1 Å². The zero-order chi connectivity index (χ0) is 22.0. The Labute approximate surface area is 183 Å². The molecule has 1 fully saturated rings. The lowest BCUT2D eigenvalue weighted by molar-refractivity contribution is -0.282. The van der Waals surface area contributed by atoms with Gasteiger partial charge in [-0.3, -0.25) is 9.83 Å². The third-order valence-corrected chi connectivity index (χ3v) is 6.91. The highest BCUT2D eigenvalue weighted by Crippen LogP contribution is 2.44. The summed E-state index contributed by atoms with van der Waals surface area (Å²) in [7, 11) is 0. The van der Waals surface area contributed by atoms with E-state index in [1.165, 1.54) is 23.3 Å². The maximum Gasteiger partial charge on any atom is 0.0909 e. The molecule has 164 valence electrons. The molecule has 0 aromatic heterocycles. The average molecular weight is 409 g/mol. The Kier molecular flexibility index (Phi) is 6.74. The van der Waals surface area contributed by atoms with Gasteiger partial charge in [-0.1, -0.05) is 42.0 Å². The number of hydrogen-bond acceptors (Lipinski definition) is 3. The molecule has 0 spiro atoms. The van der Waals surface area contributed by atoms with E-state index in [0.717, 1.165) is 32.1 Å². The summed E-state index contributed by atoms with van der Waals surface area (Å²) >= 11 is 0. The molecule has 2 aliphatic heterocycles. The van der Waals surface area contributed by atoms with Crippen molar-refractivity contribution in [1.29, 1.82) is 0 Å². The molecule has 1 unspecified atom stereocenters. The smallest absolute Gasteiger partial charge is 0.0909 e. The van der Waals surface area contributed by atoms with Gasteiger partial charge in [-0.25, -0.2) is 0 Å². The lowest BCUT2D eigenvalue weighted by atomic mass is 9.72. The fraction of sp³-hybridized carbons (Fsp3) is 0.593. The molecular formula is C27H40N2O. The van der Waals surface area contributed by atoms with E-state index in [4.69, 9.17) is 9.83 Å². The molecule has 1 aromatic rings. The van der Waals surface area contributed by atoms with Crippen LogP contribution >= 0.6 is 0 Å². The van der Waals surface area contributed by atoms with E-state index >= 15 is 0 Å². The molecular weight excluding hydrogens is 368 g/mol. The topological polar surface area (TPSA) is 24.8 Å². The zero-order valence-corrected chi connectivity index (χ0v) is 19.7. The van der Waals surface area contributed by atoms with Crippen LogP contribution in [0.5, 0.6) is 0 Å². The normalized spacial score (nSPS) is 25.0. The summed E-state index contributed by atoms with van der Waals surface area (Å²) in [5, 5.41) is 2.26. The maximum absolute atomic E-state index is 6.52. The van der Waals surface area contributed by atoms with Crippen molar-refractivity contribution in [2.75, 3.05) is 6.61 Å². The van der Waals surface area contributed by atoms with Crippen LogP contribution in [0.4, 0.5) is 0 Å². The van der Waals surface area contributed by atoms with Crippen molar-refractivity contribution >= 4 is 5.71 Å². The standard InChI is InChI=1S/C27H40N2O/c1-8-15-27(16-9-2)19-23(28-24(27)22-13-11-21(3)12-14-22)20-30-29-25(4,5)17-10-18-26(29,6)7/h8-9,11-14,23H,1-2,10,15-20H2,3-7H3. The van der Waals surface area contributed by atoms with Crippen molar-refractivity contribution in [3.05, 3.63) is 60.7 Å². The molecule has 3 nitrogen and oxygen atoms in total. The third kappa shape index (κ3) is 4.63. The number of aliphatic imine (C=N–C) groups is 1. The number of benzene rings is 1. The highest BCUT2D eigenvalue weighted by molar-refractivity contribution is 6.06. The molecule has 30 heavy (non-hydrogen) atoms. The van der Waals surface area contributed by atoms with Crippen molar-refractivity contribution in [3.8, 4) is 0 Å². The van der Waals surface area contributed by atoms with Gasteiger partial charge in [0.1, 0.15) is 0 Å². The summed E-state index contributed by atoms with van der Waals surface area (Å²) < 4.78 is 0. The van der Waals surface area contributed by atoms with Crippen LogP contribution in [-0.2, 0) is 4.84 Å². The lowest BCUT2D eigenvalue weighted by Crippen LogP contribution is -2.58. The maximum atomic E-state index is 6.52. The van der Waals surface area contributed by atoms with Crippen molar-refractivity contribution in [2.24, 2.45) is 10.4 Å². The van der Waals surface area contributed by atoms with Gasteiger partial charge < -0.3 is 0 Å². The fourth-order valence-electron chi connectivity index (χ4n) is 5.58. The van der Waals surface area contributed by atoms with Crippen LogP contribution in [0.1, 0.15) is 77.3 Å². The van der Waals surface area contributed by atoms with Crippen LogP contribution in [0, 0.1) is 12.3 Å². The second-order valence-electron chi connectivity index (χ2n) is 10.5. The lowest BCUT2D eigenvalue weighted by Gasteiger charge is -2.51. The van der Waals surface area contributed by atoms with Crippen molar-refractivity contribution in [2.45, 2.75) is 90.3 Å². The van der Waals surface area contributed by atoms with Gasteiger partial charge in [0.2, 0.25) is 0 Å². The number of nitrogens with zero attached hydrogens (tertiary/aromatic N) is 2. The van der Waals surface area contributed by atoms with Crippen molar-refractivity contribution in [1.82, 2.24) is 5.06 Å². The highest BCUT2D eigenvalue weighted by atomic mass is 16.7. The molecule has 3 heteroatoms. The van der Waals surface area contributed by atoms with Gasteiger partial charge in [0.25, 0.3) is 0 Å². The minimum atomic E-state index is -0.0419. The van der Waals surface area contributed by atoms with Crippen LogP contribution < -0.4 is 0 Å². The highest BCUT2D eigenvalue weighted by Gasteiger charge is 2.45. The Balaban J connectivity index is 1.85. The number of piperidine rings is 1. The van der Waals surface area contributed by atoms with Gasteiger partial charge in [0.15, 0.2) is 0 Å². The van der Waals surface area contributed by atoms with E-state index in [9.17, 15) is 0 Å². The Morgan fingerprint density at radius 3 is 2.13 bits per heavy atom. The van der Waals surface area contributed by atoms with E-state index in [1.807, 2.05) is 12.2 Å². The van der Waals surface area contributed by atoms with Crippen LogP contribution in [0.2, 0.25) is 0 Å². The summed E-state index contributed by atoms with van der Waals surface area (Å²) in [6.07, 6.45) is 10.4. The molecule has 3 rings (SSSR count). The van der Waals surface area contributed by atoms with E-state index in [-0.39, 0.29) is 22.5 Å². The first-order valence-electron chi connectivity index (χ1n) is 11.4. The molecule has 1 saturated heterocycles. The molecule has 0 amide bonds. The Morgan fingerprint density at radius 2 is 1.60 bits per heavy atom. The van der Waals surface area contributed by atoms with E-state index < -0.39 is 0 Å². The van der Waals surface area contributed by atoms with Gasteiger partial charge in [-0.2, -0.15) is 5.06 Å². The second kappa shape index (κ2) is 8.80. The van der Waals surface area contributed by atoms with Gasteiger partial charge in [0.05, 0.1) is 12.6 Å². The monoisotopic (exact) mass is 408 g/mol. The number of aryl methyl sites for hydroxylation is 1. The van der Waals surface area contributed by atoms with E-state index in [1.54, 1.807) is 0 Å². The first-order valence-corrected chi connectivity index (χ1v) is 11.4. The Morgan fingerprint density at radius 1 is 1.03 bits per heavy atom. The van der Waals surface area contributed by atoms with Crippen LogP contribution in [-0.4, -0.2) is 34.5 Å². The molecule has 0 bridgehead atoms. The molecule has 1 atom stereocenters. The third-order valence-electron chi connectivity index (χ3n) is 6.91. The number of hydroxylamine groups is 2. The van der Waals surface area contributed by atoms with Gasteiger partial charge in [0, 0.05) is 22.2 Å². The first-order chi connectivity index (χ1) is 14.1. The molecule has 0 radical (unpaired) electrons. The number of rotatable bonds is 8. The fourth-order valence-corrected chi connectivity index (χ4v) is 5.58. The SMILES string of the molecule is C=CCC1(CC=C)CC(CON2C(C)(C)CCCC2(C)C)N=C1c1ccc(C)cc1. The number of allylic oxidation sites excluding steroid dienone is 2. The van der Waals surface area contributed by atoms with Crippen molar-refractivity contribution < 1.29 is 4.84 Å². The molecule has 2 aliphatic rings. The molecule has 2 heterocycles. The van der Waals surface area contributed by atoms with Crippen molar-refractivity contribution in [3.63, 3.8) is 0 Å². The summed E-state index contributed by atoms with van der Waals surface area (Å²) in [6.45, 7) is 20.0. The predicted molar refractivity (Wildman–Crippen MR) is 128 cm³/mol. The second-order valence-corrected chi connectivity index (χ2v) is 10.5. The predicted octanol–water partition coefficient (Wildman–Crippen LogP) is 6.67. The van der Waals surface area contributed by atoms with Gasteiger partial charge in [-0.05, 0) is 78.7 Å². The van der Waals surface area contributed by atoms with Crippen LogP contribution in [0.3, 0.4) is 0 Å². The quantitative estimate of drug-likeness (QED) is 0.449. The summed E-state index contributed by atoms with van der Waals surface area (Å²) in [5.74, 6) is 0. The summed E-state index contributed by atoms with van der Waals surface area (Å²) in [5.41, 5.74) is 3.72. The Hall–Kier alpha value is -1.71. The number of hydrogen-bond donors (Lipinski definition) is 0. The van der Waals surface area contributed by atoms with Crippen LogP contribution in [0.15, 0.2) is 54.6 Å². The Bertz CT molecular complexity index is 762. The van der Waals surface area contributed by atoms with E-state index in [0.29, 0.717) is 6.61 Å². The van der Waals surface area contributed by atoms with Gasteiger partial charge in [-0.15, -0.1) is 13.2 Å². The van der Waals surface area contributed by atoms with Crippen LogP contribution in [0.25, 0.3) is 0 Å². The molecule has 0 N–H and O–H groups in total. The summed E-state index contributed by atoms with van der Waals surface area (Å²) in [6, 6.07) is 8.90. The summed E-state index contributed by atoms with van der Waals surface area (Å²) in [4.78, 5) is 11.8. The minimum Gasteiger partial charge on any atom is -0.296 e. The first kappa shape index (κ1) is 23.0. The van der Waals surface area contributed by atoms with Gasteiger partial charge >= 0.3 is 0 Å².